The van der Waals surface area contributed by atoms with Gasteiger partial charge in [0, 0.05) is 21.5 Å². The van der Waals surface area contributed by atoms with Crippen LogP contribution in [0.4, 0.5) is 5.69 Å². The maximum Gasteiger partial charge on any atom is 0.263 e. The van der Waals surface area contributed by atoms with Crippen molar-refractivity contribution in [3.63, 3.8) is 0 Å². The molecule has 1 N–H and O–H groups in total. The molecule has 1 aromatic carbocycles. The zero-order valence-corrected chi connectivity index (χ0v) is 16.5. The minimum Gasteiger partial charge on any atom is -0.324 e. The number of rotatable bonds is 4. The smallest absolute Gasteiger partial charge is 0.263 e. The van der Waals surface area contributed by atoms with Crippen LogP contribution in [0.2, 0.25) is 0 Å². The highest BCUT2D eigenvalue weighted by Crippen LogP contribution is 2.33. The normalized spacial score (nSPS) is 11.0. The Balaban J connectivity index is 1.66. The van der Waals surface area contributed by atoms with Crippen LogP contribution in [-0.4, -0.2) is 15.5 Å². The van der Waals surface area contributed by atoms with E-state index in [-0.39, 0.29) is 18.0 Å². The molecule has 1 amide bonds. The Bertz CT molecular complexity index is 1170. The van der Waals surface area contributed by atoms with Crippen LogP contribution in [0, 0.1) is 13.8 Å². The third-order valence-electron chi connectivity index (χ3n) is 4.41. The number of carbonyl (C=O) groups is 1. The van der Waals surface area contributed by atoms with E-state index < -0.39 is 0 Å². The van der Waals surface area contributed by atoms with E-state index in [1.807, 2.05) is 54.9 Å². The lowest BCUT2D eigenvalue weighted by Gasteiger charge is -2.12. The molecule has 27 heavy (non-hydrogen) atoms. The standard InChI is InChI=1S/C20H17N3O2S2/c1-12-5-3-6-13(2)18(12)22-16(24)9-23-11-21-19-17(20(23)25)14(10-27-19)15-7-4-8-26-15/h3-8,10-11H,9H2,1-2H3,(H,22,24). The van der Waals surface area contributed by atoms with Gasteiger partial charge in [-0.2, -0.15) is 0 Å². The Morgan fingerprint density at radius 3 is 2.63 bits per heavy atom. The predicted octanol–water partition coefficient (Wildman–Crippen LogP) is 4.44. The number of amides is 1. The number of aryl methyl sites for hydroxylation is 2. The van der Waals surface area contributed by atoms with E-state index in [2.05, 4.69) is 10.3 Å². The van der Waals surface area contributed by atoms with Crippen molar-refractivity contribution >= 4 is 44.5 Å². The summed E-state index contributed by atoms with van der Waals surface area (Å²) in [5.74, 6) is -0.247. The van der Waals surface area contributed by atoms with Gasteiger partial charge < -0.3 is 5.32 Å². The van der Waals surface area contributed by atoms with Crippen LogP contribution in [0.3, 0.4) is 0 Å². The van der Waals surface area contributed by atoms with Crippen LogP contribution in [0.25, 0.3) is 20.7 Å². The number of aromatic nitrogens is 2. The number of fused-ring (bicyclic) bond motifs is 1. The van der Waals surface area contributed by atoms with Gasteiger partial charge in [-0.3, -0.25) is 14.2 Å². The molecule has 0 unspecified atom stereocenters. The number of nitrogens with one attached hydrogen (secondary N) is 1. The summed E-state index contributed by atoms with van der Waals surface area (Å²) in [5.41, 5.74) is 3.46. The molecule has 0 fully saturated rings. The molecule has 0 aliphatic carbocycles. The summed E-state index contributed by atoms with van der Waals surface area (Å²) in [6, 6.07) is 9.78. The van der Waals surface area contributed by atoms with Crippen molar-refractivity contribution in [2.75, 3.05) is 5.32 Å². The molecule has 0 radical (unpaired) electrons. The van der Waals surface area contributed by atoms with Gasteiger partial charge in [0.15, 0.2) is 0 Å². The van der Waals surface area contributed by atoms with Crippen molar-refractivity contribution in [1.29, 1.82) is 0 Å². The molecule has 0 saturated carbocycles. The third kappa shape index (κ3) is 3.31. The van der Waals surface area contributed by atoms with Crippen LogP contribution in [0.5, 0.6) is 0 Å². The summed E-state index contributed by atoms with van der Waals surface area (Å²) in [7, 11) is 0. The molecular weight excluding hydrogens is 378 g/mol. The number of carbonyl (C=O) groups excluding carboxylic acids is 1. The Morgan fingerprint density at radius 2 is 1.93 bits per heavy atom. The molecule has 0 spiro atoms. The molecule has 136 valence electrons. The quantitative estimate of drug-likeness (QED) is 0.555. The van der Waals surface area contributed by atoms with Gasteiger partial charge in [-0.15, -0.1) is 22.7 Å². The first-order valence-electron chi connectivity index (χ1n) is 8.41. The number of thiophene rings is 2. The molecule has 4 aromatic rings. The minimum absolute atomic E-state index is 0.0741. The van der Waals surface area contributed by atoms with Crippen molar-refractivity contribution in [3.05, 3.63) is 68.9 Å². The number of hydrogen-bond acceptors (Lipinski definition) is 5. The molecule has 7 heteroatoms. The van der Waals surface area contributed by atoms with Crippen LogP contribution in [0.1, 0.15) is 11.1 Å². The lowest BCUT2D eigenvalue weighted by atomic mass is 10.1. The monoisotopic (exact) mass is 395 g/mol. The molecule has 0 saturated heterocycles. The maximum absolute atomic E-state index is 13.0. The van der Waals surface area contributed by atoms with E-state index in [1.165, 1.54) is 22.2 Å². The molecule has 0 aliphatic heterocycles. The maximum atomic E-state index is 13.0. The van der Waals surface area contributed by atoms with Crippen molar-refractivity contribution in [3.8, 4) is 10.4 Å². The summed E-state index contributed by atoms with van der Waals surface area (Å²) in [6.07, 6.45) is 1.45. The number of nitrogens with zero attached hydrogens (tertiary/aromatic N) is 2. The van der Waals surface area contributed by atoms with Gasteiger partial charge in [0.25, 0.3) is 5.56 Å². The van der Waals surface area contributed by atoms with Crippen molar-refractivity contribution in [1.82, 2.24) is 9.55 Å². The second-order valence-electron chi connectivity index (χ2n) is 6.30. The second-order valence-corrected chi connectivity index (χ2v) is 8.11. The van der Waals surface area contributed by atoms with Gasteiger partial charge in [0.1, 0.15) is 11.4 Å². The highest BCUT2D eigenvalue weighted by atomic mass is 32.1. The van der Waals surface area contributed by atoms with Crippen LogP contribution >= 0.6 is 22.7 Å². The van der Waals surface area contributed by atoms with E-state index in [1.54, 1.807) is 11.3 Å². The van der Waals surface area contributed by atoms with Gasteiger partial charge in [-0.25, -0.2) is 4.98 Å². The Labute approximate surface area is 163 Å². The summed E-state index contributed by atoms with van der Waals surface area (Å²) in [4.78, 5) is 31.6. The first-order chi connectivity index (χ1) is 13.0. The van der Waals surface area contributed by atoms with E-state index in [4.69, 9.17) is 0 Å². The zero-order chi connectivity index (χ0) is 19.0. The first kappa shape index (κ1) is 17.6. The zero-order valence-electron chi connectivity index (χ0n) is 14.9. The number of benzene rings is 1. The van der Waals surface area contributed by atoms with E-state index in [0.29, 0.717) is 10.2 Å². The molecule has 0 aliphatic rings. The minimum atomic E-state index is -0.247. The summed E-state index contributed by atoms with van der Waals surface area (Å²) in [6.45, 7) is 3.82. The van der Waals surface area contributed by atoms with Gasteiger partial charge in [-0.05, 0) is 36.4 Å². The Hall–Kier alpha value is -2.77. The van der Waals surface area contributed by atoms with Gasteiger partial charge in [-0.1, -0.05) is 24.3 Å². The van der Waals surface area contributed by atoms with Crippen molar-refractivity contribution in [2.45, 2.75) is 20.4 Å². The first-order valence-corrected chi connectivity index (χ1v) is 10.2. The van der Waals surface area contributed by atoms with E-state index >= 15 is 0 Å². The lowest BCUT2D eigenvalue weighted by Crippen LogP contribution is -2.28. The Kier molecular flexibility index (Phi) is 4.63. The number of anilines is 1. The molecule has 5 nitrogen and oxygen atoms in total. The molecular formula is C20H17N3O2S2. The summed E-state index contributed by atoms with van der Waals surface area (Å²) < 4.78 is 1.37. The number of para-hydroxylation sites is 1. The van der Waals surface area contributed by atoms with E-state index in [9.17, 15) is 9.59 Å². The lowest BCUT2D eigenvalue weighted by molar-refractivity contribution is -0.116. The van der Waals surface area contributed by atoms with Crippen molar-refractivity contribution in [2.24, 2.45) is 0 Å². The van der Waals surface area contributed by atoms with Crippen LogP contribution in [-0.2, 0) is 11.3 Å². The molecule has 0 bridgehead atoms. The number of hydrogen-bond donors (Lipinski definition) is 1. The molecule has 3 aromatic heterocycles. The average Bonchev–Trinajstić information content (AvgIpc) is 3.30. The fraction of sp³-hybridized carbons (Fsp3) is 0.150. The third-order valence-corrected chi connectivity index (χ3v) is 6.20. The van der Waals surface area contributed by atoms with Crippen LogP contribution in [0.15, 0.2) is 52.2 Å². The summed E-state index contributed by atoms with van der Waals surface area (Å²) >= 11 is 3.02. The highest BCUT2D eigenvalue weighted by molar-refractivity contribution is 7.18. The SMILES string of the molecule is Cc1cccc(C)c1NC(=O)Cn1cnc2scc(-c3cccs3)c2c1=O. The van der Waals surface area contributed by atoms with Gasteiger partial charge in [0.2, 0.25) is 5.91 Å². The average molecular weight is 396 g/mol. The fourth-order valence-corrected chi connectivity index (χ4v) is 4.76. The Morgan fingerprint density at radius 1 is 1.15 bits per heavy atom. The topological polar surface area (TPSA) is 64.0 Å². The predicted molar refractivity (Wildman–Crippen MR) is 112 cm³/mol. The molecule has 0 atom stereocenters. The van der Waals surface area contributed by atoms with Crippen molar-refractivity contribution < 1.29 is 4.79 Å². The molecule has 4 rings (SSSR count). The largest absolute Gasteiger partial charge is 0.324 e. The molecule has 3 heterocycles. The fourth-order valence-electron chi connectivity index (χ4n) is 3.04. The highest BCUT2D eigenvalue weighted by Gasteiger charge is 2.15. The van der Waals surface area contributed by atoms with Crippen LogP contribution < -0.4 is 10.9 Å². The summed E-state index contributed by atoms with van der Waals surface area (Å²) in [5, 5.41) is 7.42. The van der Waals surface area contributed by atoms with Gasteiger partial charge in [0.05, 0.1) is 11.7 Å². The second kappa shape index (κ2) is 7.09. The van der Waals surface area contributed by atoms with E-state index in [0.717, 1.165) is 27.3 Å². The van der Waals surface area contributed by atoms with Gasteiger partial charge >= 0.3 is 0 Å².